The largest absolute Gasteiger partial charge is 0.367 e. The number of fused-ring (bicyclic) bond motifs is 1. The number of halogens is 1. The van der Waals surface area contributed by atoms with Crippen molar-refractivity contribution in [1.29, 1.82) is 0 Å². The molecule has 5 aromatic rings. The average Bonchev–Trinajstić information content (AvgIpc) is 3.46. The van der Waals surface area contributed by atoms with E-state index in [1.54, 1.807) is 34.2 Å². The highest BCUT2D eigenvalue weighted by atomic mass is 32.1. The molecule has 0 radical (unpaired) electrons. The first-order chi connectivity index (χ1) is 18.2. The molecule has 186 valence electrons. The van der Waals surface area contributed by atoms with Crippen LogP contribution in [0.15, 0.2) is 83.1 Å². The summed E-state index contributed by atoms with van der Waals surface area (Å²) in [5, 5.41) is 9.18. The highest BCUT2D eigenvalue weighted by Gasteiger charge is 2.16. The predicted molar refractivity (Wildman–Crippen MR) is 147 cm³/mol. The van der Waals surface area contributed by atoms with Crippen LogP contribution in [0, 0.1) is 5.82 Å². The van der Waals surface area contributed by atoms with Crippen molar-refractivity contribution in [3.63, 3.8) is 0 Å². The third-order valence-electron chi connectivity index (χ3n) is 6.52. The van der Waals surface area contributed by atoms with E-state index in [-0.39, 0.29) is 11.4 Å². The van der Waals surface area contributed by atoms with Gasteiger partial charge in [-0.1, -0.05) is 30.3 Å². The number of rotatable bonds is 6. The van der Waals surface area contributed by atoms with E-state index in [1.165, 1.54) is 12.1 Å². The Morgan fingerprint density at radius 2 is 1.89 bits per heavy atom. The number of hydrogen-bond acceptors (Lipinski definition) is 7. The van der Waals surface area contributed by atoms with Gasteiger partial charge in [0.25, 0.3) is 5.56 Å². The molecule has 1 saturated heterocycles. The fourth-order valence-electron chi connectivity index (χ4n) is 4.66. The summed E-state index contributed by atoms with van der Waals surface area (Å²) in [7, 11) is 0. The molecule has 37 heavy (non-hydrogen) atoms. The third-order valence-corrected chi connectivity index (χ3v) is 7.42. The molecule has 0 saturated carbocycles. The van der Waals surface area contributed by atoms with Crippen LogP contribution in [0.2, 0.25) is 0 Å². The molecule has 0 bridgehead atoms. The van der Waals surface area contributed by atoms with E-state index in [9.17, 15) is 9.18 Å². The highest BCUT2D eigenvalue weighted by molar-refractivity contribution is 7.13. The Bertz CT molecular complexity index is 1610. The molecule has 0 unspecified atom stereocenters. The normalized spacial score (nSPS) is 13.7. The first kappa shape index (κ1) is 23.3. The van der Waals surface area contributed by atoms with Crippen molar-refractivity contribution in [3.05, 3.63) is 100 Å². The van der Waals surface area contributed by atoms with Gasteiger partial charge >= 0.3 is 0 Å². The van der Waals surface area contributed by atoms with E-state index in [1.807, 2.05) is 40.6 Å². The maximum Gasteiger partial charge on any atom is 0.252 e. The van der Waals surface area contributed by atoms with Crippen molar-refractivity contribution in [3.8, 4) is 10.4 Å². The second-order valence-corrected chi connectivity index (χ2v) is 9.84. The molecular formula is C28H25FN6OS. The Labute approximate surface area is 217 Å². The van der Waals surface area contributed by atoms with Crippen molar-refractivity contribution < 1.29 is 4.39 Å². The predicted octanol–water partition coefficient (Wildman–Crippen LogP) is 4.86. The first-order valence-corrected chi connectivity index (χ1v) is 13.0. The monoisotopic (exact) mass is 512 g/mol. The van der Waals surface area contributed by atoms with Gasteiger partial charge in [-0.25, -0.2) is 9.37 Å². The van der Waals surface area contributed by atoms with Gasteiger partial charge in [-0.3, -0.25) is 9.36 Å². The van der Waals surface area contributed by atoms with Crippen LogP contribution in [-0.2, 0) is 6.54 Å². The van der Waals surface area contributed by atoms with E-state index in [0.29, 0.717) is 29.5 Å². The second kappa shape index (κ2) is 10.1. The van der Waals surface area contributed by atoms with Crippen LogP contribution in [0.3, 0.4) is 0 Å². The number of nitrogens with one attached hydrogen (secondary N) is 2. The lowest BCUT2D eigenvalue weighted by molar-refractivity contribution is 0.566. The molecule has 0 amide bonds. The topological polar surface area (TPSA) is 75.1 Å². The van der Waals surface area contributed by atoms with Gasteiger partial charge in [-0.05, 0) is 46.8 Å². The lowest BCUT2D eigenvalue weighted by Gasteiger charge is -2.29. The number of hydrogen-bond donors (Lipinski definition) is 2. The minimum Gasteiger partial charge on any atom is -0.367 e. The number of aromatic nitrogens is 3. The standard InChI is InChI=1S/C28H25FN6OS/c29-23-16-21(8-9-24(23)34-13-11-30-12-14-34)32-28-31-17-19-7-10-26(36)35(27(19)33-28)18-20-4-1-2-5-22(20)25-6-3-15-37-25/h1-10,15-17,30H,11-14,18H2,(H,31,32,33). The Balaban J connectivity index is 1.32. The fourth-order valence-corrected chi connectivity index (χ4v) is 5.45. The summed E-state index contributed by atoms with van der Waals surface area (Å²) in [5.41, 5.74) is 3.62. The van der Waals surface area contributed by atoms with Crippen molar-refractivity contribution in [2.24, 2.45) is 0 Å². The molecule has 1 aliphatic heterocycles. The van der Waals surface area contributed by atoms with Crippen LogP contribution in [0.4, 0.5) is 21.7 Å². The Morgan fingerprint density at radius 1 is 1.03 bits per heavy atom. The fraction of sp³-hybridized carbons (Fsp3) is 0.179. The summed E-state index contributed by atoms with van der Waals surface area (Å²) >= 11 is 1.66. The SMILES string of the molecule is O=c1ccc2cnc(Nc3ccc(N4CCNCC4)c(F)c3)nc2n1Cc1ccccc1-c1cccs1. The molecule has 0 atom stereocenters. The van der Waals surface area contributed by atoms with Gasteiger partial charge in [-0.15, -0.1) is 11.3 Å². The van der Waals surface area contributed by atoms with Crippen molar-refractivity contribution in [2.75, 3.05) is 36.4 Å². The lowest BCUT2D eigenvalue weighted by Crippen LogP contribution is -2.43. The van der Waals surface area contributed by atoms with Crippen molar-refractivity contribution in [2.45, 2.75) is 6.54 Å². The van der Waals surface area contributed by atoms with Crippen LogP contribution in [0.5, 0.6) is 0 Å². The number of thiophene rings is 1. The highest BCUT2D eigenvalue weighted by Crippen LogP contribution is 2.29. The number of nitrogens with zero attached hydrogens (tertiary/aromatic N) is 4. The summed E-state index contributed by atoms with van der Waals surface area (Å²) in [6, 6.07) is 20.5. The molecule has 1 fully saturated rings. The third kappa shape index (κ3) is 4.83. The van der Waals surface area contributed by atoms with Gasteiger partial charge in [0.1, 0.15) is 11.5 Å². The average molecular weight is 513 g/mol. The molecular weight excluding hydrogens is 487 g/mol. The Morgan fingerprint density at radius 3 is 2.70 bits per heavy atom. The number of anilines is 3. The zero-order valence-corrected chi connectivity index (χ0v) is 20.8. The van der Waals surface area contributed by atoms with Gasteiger partial charge in [-0.2, -0.15) is 4.98 Å². The molecule has 9 heteroatoms. The van der Waals surface area contributed by atoms with E-state index in [2.05, 4.69) is 32.7 Å². The summed E-state index contributed by atoms with van der Waals surface area (Å²) in [6.45, 7) is 3.58. The number of pyridine rings is 1. The molecule has 0 spiro atoms. The van der Waals surface area contributed by atoms with Gasteiger partial charge in [0.05, 0.1) is 12.2 Å². The van der Waals surface area contributed by atoms with Crippen LogP contribution < -0.4 is 21.1 Å². The molecule has 2 aromatic carbocycles. The van der Waals surface area contributed by atoms with Gasteiger partial charge in [0, 0.05) is 54.4 Å². The molecule has 0 aliphatic carbocycles. The van der Waals surface area contributed by atoms with E-state index >= 15 is 0 Å². The minimum absolute atomic E-state index is 0.149. The minimum atomic E-state index is -0.296. The van der Waals surface area contributed by atoms with E-state index in [4.69, 9.17) is 0 Å². The molecule has 6 rings (SSSR count). The maximum absolute atomic E-state index is 14.9. The smallest absolute Gasteiger partial charge is 0.252 e. The number of piperazine rings is 1. The van der Waals surface area contributed by atoms with Gasteiger partial charge in [0.2, 0.25) is 5.95 Å². The van der Waals surface area contributed by atoms with Crippen molar-refractivity contribution in [1.82, 2.24) is 19.9 Å². The second-order valence-electron chi connectivity index (χ2n) is 8.89. The van der Waals surface area contributed by atoms with Gasteiger partial charge < -0.3 is 15.5 Å². The molecule has 1 aliphatic rings. The Hall–Kier alpha value is -4.08. The van der Waals surface area contributed by atoms with E-state index < -0.39 is 0 Å². The lowest BCUT2D eigenvalue weighted by atomic mass is 10.1. The van der Waals surface area contributed by atoms with Crippen LogP contribution in [0.25, 0.3) is 21.5 Å². The molecule has 2 N–H and O–H groups in total. The maximum atomic E-state index is 14.9. The zero-order chi connectivity index (χ0) is 25.2. The summed E-state index contributed by atoms with van der Waals surface area (Å²) < 4.78 is 16.6. The van der Waals surface area contributed by atoms with Gasteiger partial charge in [0.15, 0.2) is 0 Å². The summed E-state index contributed by atoms with van der Waals surface area (Å²) in [5.74, 6) is 0.00231. The molecule has 4 heterocycles. The first-order valence-electron chi connectivity index (χ1n) is 12.2. The van der Waals surface area contributed by atoms with Crippen molar-refractivity contribution >= 4 is 39.7 Å². The van der Waals surface area contributed by atoms with Crippen LogP contribution in [-0.4, -0.2) is 40.7 Å². The van der Waals surface area contributed by atoms with Crippen LogP contribution in [0.1, 0.15) is 5.56 Å². The summed E-state index contributed by atoms with van der Waals surface area (Å²) in [6.07, 6.45) is 1.68. The Kier molecular flexibility index (Phi) is 6.38. The zero-order valence-electron chi connectivity index (χ0n) is 20.0. The number of benzene rings is 2. The van der Waals surface area contributed by atoms with E-state index in [0.717, 1.165) is 47.6 Å². The summed E-state index contributed by atoms with van der Waals surface area (Å²) in [4.78, 5) is 25.2. The molecule has 3 aromatic heterocycles. The molecule has 7 nitrogen and oxygen atoms in total. The quantitative estimate of drug-likeness (QED) is 0.339. The van der Waals surface area contributed by atoms with Crippen LogP contribution >= 0.6 is 11.3 Å².